The molecule has 1 aromatic carbocycles. The van der Waals surface area contributed by atoms with Gasteiger partial charge in [0.25, 0.3) is 0 Å². The van der Waals surface area contributed by atoms with E-state index in [1.807, 2.05) is 0 Å². The van der Waals surface area contributed by atoms with Gasteiger partial charge >= 0.3 is 0 Å². The van der Waals surface area contributed by atoms with Crippen LogP contribution in [0.15, 0.2) is 35.3 Å². The zero-order valence-electron chi connectivity index (χ0n) is 19.2. The highest BCUT2D eigenvalue weighted by molar-refractivity contribution is 7.11. The molecule has 0 unspecified atom stereocenters. The molecule has 7 heteroatoms. The number of guanidine groups is 1. The van der Waals surface area contributed by atoms with Gasteiger partial charge in [-0.05, 0) is 45.6 Å². The first-order valence-corrected chi connectivity index (χ1v) is 12.3. The molecule has 2 aromatic rings. The van der Waals surface area contributed by atoms with Crippen molar-refractivity contribution in [3.63, 3.8) is 0 Å². The van der Waals surface area contributed by atoms with Crippen molar-refractivity contribution < 1.29 is 4.74 Å². The smallest absolute Gasteiger partial charge is 0.191 e. The van der Waals surface area contributed by atoms with E-state index in [9.17, 15) is 0 Å². The predicted octanol–water partition coefficient (Wildman–Crippen LogP) is 3.89. The summed E-state index contributed by atoms with van der Waals surface area (Å²) in [6.07, 6.45) is 3.61. The van der Waals surface area contributed by atoms with Crippen LogP contribution in [0, 0.1) is 13.8 Å². The number of rotatable bonds is 10. The molecule has 0 bridgehead atoms. The maximum atomic E-state index is 6.13. The van der Waals surface area contributed by atoms with E-state index in [1.165, 1.54) is 10.4 Å². The molecule has 3 rings (SSSR count). The molecule has 0 spiro atoms. The third kappa shape index (κ3) is 8.24. The first kappa shape index (κ1) is 23.7. The lowest BCUT2D eigenvalue weighted by molar-refractivity contribution is 0.00534. The Bertz CT molecular complexity index is 780. The summed E-state index contributed by atoms with van der Waals surface area (Å²) in [5.41, 5.74) is 2.50. The molecule has 0 radical (unpaired) electrons. The van der Waals surface area contributed by atoms with E-state index >= 15 is 0 Å². The Hall–Kier alpha value is -1.96. The molecule has 6 nitrogen and oxygen atoms in total. The number of hydrogen-bond acceptors (Lipinski definition) is 5. The molecule has 1 aromatic heterocycles. The Balaban J connectivity index is 1.29. The van der Waals surface area contributed by atoms with Crippen LogP contribution in [0.1, 0.15) is 47.3 Å². The third-order valence-electron chi connectivity index (χ3n) is 5.54. The quantitative estimate of drug-likeness (QED) is 0.331. The average Bonchev–Trinajstić information content (AvgIpc) is 3.11. The molecule has 0 amide bonds. The molecule has 1 aliphatic rings. The van der Waals surface area contributed by atoms with Gasteiger partial charge < -0.3 is 15.4 Å². The van der Waals surface area contributed by atoms with Crippen molar-refractivity contribution in [2.24, 2.45) is 4.99 Å². The lowest BCUT2D eigenvalue weighted by atomic mass is 10.1. The Kier molecular flexibility index (Phi) is 9.78. The summed E-state index contributed by atoms with van der Waals surface area (Å²) < 4.78 is 6.13. The Labute approximate surface area is 191 Å². The van der Waals surface area contributed by atoms with E-state index in [0.29, 0.717) is 12.6 Å². The molecule has 1 aliphatic heterocycles. The molecular weight excluding hydrogens is 406 g/mol. The van der Waals surface area contributed by atoms with E-state index in [0.717, 1.165) is 75.3 Å². The van der Waals surface area contributed by atoms with E-state index < -0.39 is 0 Å². The predicted molar refractivity (Wildman–Crippen MR) is 130 cm³/mol. The van der Waals surface area contributed by atoms with E-state index in [2.05, 4.69) is 76.6 Å². The first-order chi connectivity index (χ1) is 15.1. The average molecular weight is 444 g/mol. The van der Waals surface area contributed by atoms with E-state index in [1.54, 1.807) is 11.3 Å². The largest absolute Gasteiger partial charge is 0.378 e. The van der Waals surface area contributed by atoms with Crippen LogP contribution in [0.3, 0.4) is 0 Å². The van der Waals surface area contributed by atoms with Crippen molar-refractivity contribution in [2.75, 3.05) is 32.8 Å². The van der Waals surface area contributed by atoms with Crippen molar-refractivity contribution in [1.82, 2.24) is 20.5 Å². The van der Waals surface area contributed by atoms with Gasteiger partial charge in [-0.2, -0.15) is 0 Å². The zero-order valence-corrected chi connectivity index (χ0v) is 20.0. The van der Waals surface area contributed by atoms with Crippen molar-refractivity contribution in [3.05, 3.63) is 51.5 Å². The molecule has 170 valence electrons. The number of piperidine rings is 1. The standard InChI is InChI=1S/C24H37N5OS/c1-4-25-24(27-17-23-28-19(2)20(3)31-23)26-13-8-16-30-22-11-14-29(15-12-22)18-21-9-6-5-7-10-21/h5-7,9-10,22H,4,8,11-18H2,1-3H3,(H2,25,26,27). The van der Waals surface area contributed by atoms with Gasteiger partial charge in [-0.3, -0.25) is 4.90 Å². The summed E-state index contributed by atoms with van der Waals surface area (Å²) in [4.78, 5) is 13.0. The van der Waals surface area contributed by atoms with Gasteiger partial charge in [0, 0.05) is 44.2 Å². The minimum atomic E-state index is 0.394. The highest BCUT2D eigenvalue weighted by Gasteiger charge is 2.19. The second kappa shape index (κ2) is 12.8. The van der Waals surface area contributed by atoms with Crippen molar-refractivity contribution in [3.8, 4) is 0 Å². The number of ether oxygens (including phenoxy) is 1. The Morgan fingerprint density at radius 3 is 2.65 bits per heavy atom. The topological polar surface area (TPSA) is 61.8 Å². The summed E-state index contributed by atoms with van der Waals surface area (Å²) in [7, 11) is 0. The number of benzene rings is 1. The summed E-state index contributed by atoms with van der Waals surface area (Å²) in [5, 5.41) is 7.78. The van der Waals surface area contributed by atoms with Crippen LogP contribution < -0.4 is 10.6 Å². The Morgan fingerprint density at radius 2 is 1.97 bits per heavy atom. The number of likely N-dealkylation sites (tertiary alicyclic amines) is 1. The van der Waals surface area contributed by atoms with Gasteiger partial charge in [0.1, 0.15) is 5.01 Å². The van der Waals surface area contributed by atoms with Crippen molar-refractivity contribution in [2.45, 2.75) is 59.2 Å². The van der Waals surface area contributed by atoms with Crippen LogP contribution >= 0.6 is 11.3 Å². The molecule has 31 heavy (non-hydrogen) atoms. The van der Waals surface area contributed by atoms with Crippen LogP contribution in [0.25, 0.3) is 0 Å². The number of aliphatic imine (C=N–C) groups is 1. The third-order valence-corrected chi connectivity index (χ3v) is 6.60. The summed E-state index contributed by atoms with van der Waals surface area (Å²) >= 11 is 1.73. The number of aromatic nitrogens is 1. The van der Waals surface area contributed by atoms with E-state index in [-0.39, 0.29) is 0 Å². The maximum absolute atomic E-state index is 6.13. The minimum absolute atomic E-state index is 0.394. The van der Waals surface area contributed by atoms with Gasteiger partial charge in [-0.25, -0.2) is 9.98 Å². The molecule has 0 atom stereocenters. The van der Waals surface area contributed by atoms with Crippen LogP contribution in [-0.2, 0) is 17.8 Å². The van der Waals surface area contributed by atoms with Crippen LogP contribution in [-0.4, -0.2) is 54.7 Å². The van der Waals surface area contributed by atoms with Crippen LogP contribution in [0.5, 0.6) is 0 Å². The van der Waals surface area contributed by atoms with E-state index in [4.69, 9.17) is 4.74 Å². The molecule has 0 saturated carbocycles. The summed E-state index contributed by atoms with van der Waals surface area (Å²) in [6.45, 7) is 12.6. The summed E-state index contributed by atoms with van der Waals surface area (Å²) in [6, 6.07) is 10.7. The lowest BCUT2D eigenvalue weighted by Crippen LogP contribution is -2.38. The number of aryl methyl sites for hydroxylation is 2. The highest BCUT2D eigenvalue weighted by Crippen LogP contribution is 2.17. The Morgan fingerprint density at radius 1 is 1.19 bits per heavy atom. The number of nitrogens with zero attached hydrogens (tertiary/aromatic N) is 3. The molecule has 1 saturated heterocycles. The monoisotopic (exact) mass is 443 g/mol. The molecule has 2 N–H and O–H groups in total. The van der Waals surface area contributed by atoms with Gasteiger partial charge in [-0.15, -0.1) is 11.3 Å². The zero-order chi connectivity index (χ0) is 21.9. The lowest BCUT2D eigenvalue weighted by Gasteiger charge is -2.32. The second-order valence-corrected chi connectivity index (χ2v) is 9.34. The molecular formula is C24H37N5OS. The second-order valence-electron chi connectivity index (χ2n) is 8.06. The SMILES string of the molecule is CCNC(=NCc1nc(C)c(C)s1)NCCCOC1CCN(Cc2ccccc2)CC1. The highest BCUT2D eigenvalue weighted by atomic mass is 32.1. The van der Waals surface area contributed by atoms with Crippen molar-refractivity contribution >= 4 is 17.3 Å². The molecule has 1 fully saturated rings. The minimum Gasteiger partial charge on any atom is -0.378 e. The number of nitrogens with one attached hydrogen (secondary N) is 2. The fraction of sp³-hybridized carbons (Fsp3) is 0.583. The van der Waals surface area contributed by atoms with Gasteiger partial charge in [0.15, 0.2) is 5.96 Å². The summed E-state index contributed by atoms with van der Waals surface area (Å²) in [5.74, 6) is 0.849. The fourth-order valence-corrected chi connectivity index (χ4v) is 4.56. The number of hydrogen-bond donors (Lipinski definition) is 2. The first-order valence-electron chi connectivity index (χ1n) is 11.5. The van der Waals surface area contributed by atoms with Gasteiger partial charge in [-0.1, -0.05) is 30.3 Å². The van der Waals surface area contributed by atoms with Crippen molar-refractivity contribution in [1.29, 1.82) is 0 Å². The molecule has 2 heterocycles. The normalized spacial score (nSPS) is 15.9. The maximum Gasteiger partial charge on any atom is 0.191 e. The number of thiazole rings is 1. The van der Waals surface area contributed by atoms with Crippen LogP contribution in [0.2, 0.25) is 0 Å². The van der Waals surface area contributed by atoms with Gasteiger partial charge in [0.2, 0.25) is 0 Å². The fourth-order valence-electron chi connectivity index (χ4n) is 3.70. The molecule has 0 aliphatic carbocycles. The van der Waals surface area contributed by atoms with Gasteiger partial charge in [0.05, 0.1) is 18.3 Å². The van der Waals surface area contributed by atoms with Crippen LogP contribution in [0.4, 0.5) is 0 Å².